The second-order valence-electron chi connectivity index (χ2n) is 6.11. The number of fused-ring (bicyclic) bond motifs is 1. The minimum Gasteiger partial charge on any atom is -0.479 e. The van der Waals surface area contributed by atoms with Crippen molar-refractivity contribution in [2.24, 2.45) is 0 Å². The van der Waals surface area contributed by atoms with Crippen molar-refractivity contribution < 1.29 is 24.2 Å². The number of hydrogen-bond acceptors (Lipinski definition) is 7. The number of ketones is 1. The van der Waals surface area contributed by atoms with Gasteiger partial charge in [0.25, 0.3) is 0 Å². The molecule has 0 fully saturated rings. The number of benzene rings is 1. The zero-order valence-electron chi connectivity index (χ0n) is 14.7. The Bertz CT molecular complexity index is 1100. The van der Waals surface area contributed by atoms with E-state index in [9.17, 15) is 19.1 Å². The molecule has 0 radical (unpaired) electrons. The zero-order chi connectivity index (χ0) is 20.6. The first-order valence-electron chi connectivity index (χ1n) is 7.95. The molecule has 0 saturated carbocycles. The second-order valence-corrected chi connectivity index (χ2v) is 8.57. The van der Waals surface area contributed by atoms with Gasteiger partial charge in [-0.1, -0.05) is 23.4 Å². The average molecular weight is 441 g/mol. The van der Waals surface area contributed by atoms with Gasteiger partial charge in [-0.2, -0.15) is 0 Å². The van der Waals surface area contributed by atoms with Crippen molar-refractivity contribution in [1.82, 2.24) is 9.97 Å². The van der Waals surface area contributed by atoms with Gasteiger partial charge in [0, 0.05) is 16.3 Å². The van der Waals surface area contributed by atoms with Crippen molar-refractivity contribution in [3.8, 4) is 0 Å². The number of hydrogen-bond donors (Lipinski definition) is 2. The topological polar surface area (TPSA) is 100 Å². The maximum Gasteiger partial charge on any atom is 0.340 e. The van der Waals surface area contributed by atoms with E-state index in [1.54, 1.807) is 6.92 Å². The van der Waals surface area contributed by atoms with Crippen LogP contribution in [0.4, 0.5) is 4.39 Å². The summed E-state index contributed by atoms with van der Waals surface area (Å²) in [6, 6.07) is 5.54. The molecule has 10 heteroatoms. The number of nitrogens with zero attached hydrogens (tertiary/aromatic N) is 2. The van der Waals surface area contributed by atoms with Crippen LogP contribution in [0.2, 0.25) is 5.02 Å². The lowest BCUT2D eigenvalue weighted by molar-refractivity contribution is -0.157. The quantitative estimate of drug-likeness (QED) is 0.338. The van der Waals surface area contributed by atoms with Gasteiger partial charge in [0.15, 0.2) is 11.4 Å². The number of thiophene rings is 1. The molecule has 0 aliphatic rings. The van der Waals surface area contributed by atoms with Crippen molar-refractivity contribution in [3.05, 3.63) is 50.7 Å². The minimum absolute atomic E-state index is 0.0235. The summed E-state index contributed by atoms with van der Waals surface area (Å²) >= 11 is 7.93. The SMILES string of the molecule is Cc1nc(SCC(=O)c2ccc(C(C)(O)C(=O)O)s2)c2cc(Cl)c(F)cc2n1. The Kier molecular flexibility index (Phi) is 5.72. The molecule has 2 heterocycles. The van der Waals surface area contributed by atoms with Crippen LogP contribution in [0.1, 0.15) is 27.3 Å². The third-order valence-electron chi connectivity index (χ3n) is 3.93. The van der Waals surface area contributed by atoms with Crippen molar-refractivity contribution >= 4 is 57.4 Å². The fourth-order valence-corrected chi connectivity index (χ4v) is 4.55. The fourth-order valence-electron chi connectivity index (χ4n) is 2.38. The van der Waals surface area contributed by atoms with Crippen molar-refractivity contribution in [2.45, 2.75) is 24.5 Å². The van der Waals surface area contributed by atoms with Gasteiger partial charge in [0.05, 0.1) is 21.2 Å². The van der Waals surface area contributed by atoms with Gasteiger partial charge in [-0.05, 0) is 32.0 Å². The lowest BCUT2D eigenvalue weighted by Crippen LogP contribution is -2.30. The van der Waals surface area contributed by atoms with Crippen LogP contribution in [-0.4, -0.2) is 37.7 Å². The number of aliphatic carboxylic acids is 1. The summed E-state index contributed by atoms with van der Waals surface area (Å²) in [7, 11) is 0. The highest BCUT2D eigenvalue weighted by molar-refractivity contribution is 8.00. The summed E-state index contributed by atoms with van der Waals surface area (Å²) in [6.45, 7) is 2.82. The van der Waals surface area contributed by atoms with Crippen LogP contribution in [0.15, 0.2) is 29.3 Å². The average Bonchev–Trinajstić information content (AvgIpc) is 3.11. The molecule has 28 heavy (non-hydrogen) atoms. The highest BCUT2D eigenvalue weighted by Gasteiger charge is 2.34. The summed E-state index contributed by atoms with van der Waals surface area (Å²) in [4.78, 5) is 32.6. The molecule has 1 aromatic carbocycles. The van der Waals surface area contributed by atoms with E-state index in [0.29, 0.717) is 26.6 Å². The molecule has 146 valence electrons. The molecule has 6 nitrogen and oxygen atoms in total. The largest absolute Gasteiger partial charge is 0.479 e. The maximum atomic E-state index is 13.7. The summed E-state index contributed by atoms with van der Waals surface area (Å²) in [6.07, 6.45) is 0. The molecule has 3 aromatic rings. The zero-order valence-corrected chi connectivity index (χ0v) is 17.1. The summed E-state index contributed by atoms with van der Waals surface area (Å²) in [5.41, 5.74) is -1.67. The standard InChI is InChI=1S/C18H14ClFN2O4S2/c1-8-21-12-6-11(20)10(19)5-9(12)16(22-8)27-7-13(23)14-3-4-15(28-14)18(2,26)17(24)25/h3-6,26H,7H2,1-2H3,(H,24,25). The number of aliphatic hydroxyl groups is 1. The van der Waals surface area contributed by atoms with E-state index in [4.69, 9.17) is 16.7 Å². The number of thioether (sulfide) groups is 1. The molecule has 0 aliphatic heterocycles. The van der Waals surface area contributed by atoms with Crippen LogP contribution < -0.4 is 0 Å². The van der Waals surface area contributed by atoms with Gasteiger partial charge < -0.3 is 10.2 Å². The molecule has 0 spiro atoms. The van der Waals surface area contributed by atoms with E-state index in [0.717, 1.165) is 30.0 Å². The molecule has 0 saturated heterocycles. The predicted octanol–water partition coefficient (Wildman–Crippen LogP) is 4.06. The number of halogens is 2. The molecule has 1 unspecified atom stereocenters. The van der Waals surface area contributed by atoms with Crippen LogP contribution in [0.25, 0.3) is 10.9 Å². The molecule has 2 N–H and O–H groups in total. The molecule has 2 aromatic heterocycles. The fraction of sp³-hybridized carbons (Fsp3) is 0.222. The summed E-state index contributed by atoms with van der Waals surface area (Å²) < 4.78 is 13.7. The number of aromatic nitrogens is 2. The number of carboxylic acids is 1. The highest BCUT2D eigenvalue weighted by Crippen LogP contribution is 2.32. The van der Waals surface area contributed by atoms with Crippen LogP contribution in [0.5, 0.6) is 0 Å². The van der Waals surface area contributed by atoms with Crippen LogP contribution >= 0.6 is 34.7 Å². The molecule has 0 bridgehead atoms. The van der Waals surface area contributed by atoms with E-state index in [-0.39, 0.29) is 21.4 Å². The van der Waals surface area contributed by atoms with Crippen LogP contribution in [-0.2, 0) is 10.4 Å². The molecule has 3 rings (SSSR count). The van der Waals surface area contributed by atoms with Crippen molar-refractivity contribution in [3.63, 3.8) is 0 Å². The summed E-state index contributed by atoms with van der Waals surface area (Å²) in [5, 5.41) is 20.0. The third kappa shape index (κ3) is 4.02. The number of aryl methyl sites for hydroxylation is 1. The Labute approximate surface area is 172 Å². The van der Waals surface area contributed by atoms with E-state index >= 15 is 0 Å². The van der Waals surface area contributed by atoms with Crippen molar-refractivity contribution in [1.29, 1.82) is 0 Å². The van der Waals surface area contributed by atoms with Gasteiger partial charge in [-0.3, -0.25) is 4.79 Å². The van der Waals surface area contributed by atoms with E-state index < -0.39 is 17.4 Å². The second kappa shape index (κ2) is 7.75. The number of carbonyl (C=O) groups is 2. The smallest absolute Gasteiger partial charge is 0.340 e. The number of Topliss-reactive ketones (excluding diaryl/α,β-unsaturated/α-hetero) is 1. The Balaban J connectivity index is 1.83. The molecular formula is C18H14ClFN2O4S2. The van der Waals surface area contributed by atoms with Crippen LogP contribution in [0.3, 0.4) is 0 Å². The molecular weight excluding hydrogens is 427 g/mol. The number of carbonyl (C=O) groups excluding carboxylic acids is 1. The number of carboxylic acid groups (broad SMARTS) is 1. The Hall–Kier alpha value is -2.07. The van der Waals surface area contributed by atoms with Gasteiger partial charge in [0.2, 0.25) is 0 Å². The van der Waals surface area contributed by atoms with Crippen molar-refractivity contribution in [2.75, 3.05) is 5.75 Å². The lowest BCUT2D eigenvalue weighted by atomic mass is 10.1. The van der Waals surface area contributed by atoms with Crippen LogP contribution in [0, 0.1) is 12.7 Å². The monoisotopic (exact) mass is 440 g/mol. The third-order valence-corrected chi connectivity index (χ3v) is 6.55. The predicted molar refractivity (Wildman–Crippen MR) is 106 cm³/mol. The first-order valence-corrected chi connectivity index (χ1v) is 10.1. The Morgan fingerprint density at radius 2 is 2.04 bits per heavy atom. The first kappa shape index (κ1) is 20.7. The molecule has 0 aliphatic carbocycles. The first-order chi connectivity index (χ1) is 13.1. The van der Waals surface area contributed by atoms with E-state index in [1.165, 1.54) is 24.3 Å². The lowest BCUT2D eigenvalue weighted by Gasteiger charge is -2.15. The van der Waals surface area contributed by atoms with Gasteiger partial charge in [-0.15, -0.1) is 11.3 Å². The van der Waals surface area contributed by atoms with E-state index in [2.05, 4.69) is 9.97 Å². The van der Waals surface area contributed by atoms with E-state index in [1.807, 2.05) is 0 Å². The van der Waals surface area contributed by atoms with Gasteiger partial charge in [-0.25, -0.2) is 19.2 Å². The number of rotatable bonds is 6. The molecule has 0 amide bonds. The van der Waals surface area contributed by atoms with Gasteiger partial charge in [0.1, 0.15) is 16.7 Å². The Morgan fingerprint density at radius 3 is 2.71 bits per heavy atom. The highest BCUT2D eigenvalue weighted by atomic mass is 35.5. The van der Waals surface area contributed by atoms with Gasteiger partial charge >= 0.3 is 5.97 Å². The maximum absolute atomic E-state index is 13.7. The minimum atomic E-state index is -2.06. The Morgan fingerprint density at radius 1 is 1.32 bits per heavy atom. The normalized spacial score (nSPS) is 13.5. The molecule has 1 atom stereocenters. The summed E-state index contributed by atoms with van der Waals surface area (Å²) in [5.74, 6) is -1.78.